The van der Waals surface area contributed by atoms with Gasteiger partial charge in [-0.3, -0.25) is 4.79 Å². The Morgan fingerprint density at radius 2 is 1.57 bits per heavy atom. The Morgan fingerprint density at radius 1 is 1.04 bits per heavy atom. The van der Waals surface area contributed by atoms with E-state index < -0.39 is 27.5 Å². The molecule has 6 heteroatoms. The van der Waals surface area contributed by atoms with Crippen LogP contribution in [0.15, 0.2) is 30.3 Å². The van der Waals surface area contributed by atoms with E-state index in [9.17, 15) is 18.0 Å². The molecule has 0 radical (unpaired) electrons. The van der Waals surface area contributed by atoms with Crippen molar-refractivity contribution < 1.29 is 22.7 Å². The summed E-state index contributed by atoms with van der Waals surface area (Å²) in [5.74, 6) is -0.316. The summed E-state index contributed by atoms with van der Waals surface area (Å²) in [6.45, 7) is 6.69. The number of ether oxygens (including phenoxy) is 1. The van der Waals surface area contributed by atoms with Crippen LogP contribution in [-0.2, 0) is 15.1 Å². The van der Waals surface area contributed by atoms with Gasteiger partial charge < -0.3 is 4.74 Å². The van der Waals surface area contributed by atoms with Gasteiger partial charge in [0.15, 0.2) is 11.4 Å². The number of ketones is 1. The van der Waals surface area contributed by atoms with Crippen LogP contribution in [0.3, 0.4) is 0 Å². The van der Waals surface area contributed by atoms with Crippen molar-refractivity contribution in [3.05, 3.63) is 35.9 Å². The van der Waals surface area contributed by atoms with Crippen LogP contribution in [0.5, 0.6) is 0 Å². The molecule has 2 nitrogen and oxygen atoms in total. The van der Waals surface area contributed by atoms with Crippen LogP contribution in [-0.4, -0.2) is 22.6 Å². The van der Waals surface area contributed by atoms with Gasteiger partial charge in [-0.25, -0.2) is 0 Å². The summed E-state index contributed by atoms with van der Waals surface area (Å²) < 4.78 is 47.8. The summed E-state index contributed by atoms with van der Waals surface area (Å²) in [7, 11) is 0. The lowest BCUT2D eigenvalue weighted by molar-refractivity contribution is -0.319. The number of Topliss-reactive ketones (excluding diaryl/α,β-unsaturated/α-hetero) is 1. The third-order valence-corrected chi connectivity index (χ3v) is 7.34. The minimum atomic E-state index is -4.56. The first kappa shape index (κ1) is 16.8. The molecule has 2 fully saturated rings. The fourth-order valence-corrected chi connectivity index (χ4v) is 5.98. The molecule has 1 aromatic carbocycles. The minimum absolute atomic E-state index is 0.0662. The van der Waals surface area contributed by atoms with Gasteiger partial charge in [0.1, 0.15) is 4.93 Å². The highest BCUT2D eigenvalue weighted by atomic mass is 32.2. The van der Waals surface area contributed by atoms with Crippen molar-refractivity contribution in [2.24, 2.45) is 10.8 Å². The van der Waals surface area contributed by atoms with Gasteiger partial charge in [-0.15, -0.1) is 11.8 Å². The van der Waals surface area contributed by atoms with E-state index >= 15 is 0 Å². The van der Waals surface area contributed by atoms with Crippen LogP contribution >= 0.6 is 11.8 Å². The van der Waals surface area contributed by atoms with E-state index in [1.54, 1.807) is 45.9 Å². The third kappa shape index (κ3) is 1.79. The lowest BCUT2D eigenvalue weighted by atomic mass is 9.51. The zero-order valence-corrected chi connectivity index (χ0v) is 14.3. The second-order valence-electron chi connectivity index (χ2n) is 7.28. The molecule has 0 N–H and O–H groups in total. The van der Waals surface area contributed by atoms with Crippen molar-refractivity contribution in [1.82, 2.24) is 0 Å². The number of rotatable bonds is 1. The van der Waals surface area contributed by atoms with Gasteiger partial charge in [0.2, 0.25) is 0 Å². The van der Waals surface area contributed by atoms with Crippen molar-refractivity contribution in [2.45, 2.75) is 44.4 Å². The fourth-order valence-electron chi connectivity index (χ4n) is 4.08. The Balaban J connectivity index is 2.13. The van der Waals surface area contributed by atoms with E-state index in [1.807, 2.05) is 0 Å². The second-order valence-corrected chi connectivity index (χ2v) is 8.43. The van der Waals surface area contributed by atoms with Gasteiger partial charge in [0, 0.05) is 5.75 Å². The van der Waals surface area contributed by atoms with E-state index in [2.05, 4.69) is 0 Å². The number of carbonyl (C=O) groups excluding carboxylic acids is 1. The van der Waals surface area contributed by atoms with E-state index in [-0.39, 0.29) is 17.1 Å². The predicted octanol–water partition coefficient (Wildman–Crippen LogP) is 4.54. The number of hydrogen-bond donors (Lipinski definition) is 0. The van der Waals surface area contributed by atoms with Crippen LogP contribution in [0.4, 0.5) is 13.2 Å². The number of carbonyl (C=O) groups is 1. The highest BCUT2D eigenvalue weighted by molar-refractivity contribution is 8.01. The second kappa shape index (κ2) is 4.54. The maximum atomic E-state index is 14.0. The van der Waals surface area contributed by atoms with E-state index in [1.165, 1.54) is 12.1 Å². The fraction of sp³-hybridized carbons (Fsp3) is 0.588. The molecule has 1 saturated heterocycles. The van der Waals surface area contributed by atoms with Gasteiger partial charge in [-0.2, -0.15) is 13.2 Å². The standard InChI is InChI=1S/C17H19F3O2S/c1-13(2)12(21)14(3,4)16(13)22-15(10-23-16,17(18,19)20)11-8-6-5-7-9-11/h5-9H,10H2,1-4H3/t15-/m1/s1. The zero-order chi connectivity index (χ0) is 17.3. The molecule has 126 valence electrons. The molecule has 1 atom stereocenters. The first-order chi connectivity index (χ1) is 10.4. The van der Waals surface area contributed by atoms with Crippen LogP contribution in [0.1, 0.15) is 33.3 Å². The van der Waals surface area contributed by atoms with E-state index in [0.717, 1.165) is 11.8 Å². The van der Waals surface area contributed by atoms with Crippen molar-refractivity contribution in [2.75, 3.05) is 5.75 Å². The SMILES string of the molecule is CC1(C)C(=O)C(C)(C)C12O[C@](c1ccccc1)(C(F)(F)F)CS2. The Labute approximate surface area is 137 Å². The van der Waals surface area contributed by atoms with Crippen LogP contribution in [0.2, 0.25) is 0 Å². The molecule has 0 unspecified atom stereocenters. The summed E-state index contributed by atoms with van der Waals surface area (Å²) in [5, 5.41) is 0. The molecule has 1 saturated carbocycles. The van der Waals surface area contributed by atoms with Crippen molar-refractivity contribution in [1.29, 1.82) is 0 Å². The molecule has 1 aliphatic heterocycles. The van der Waals surface area contributed by atoms with Gasteiger partial charge in [-0.05, 0) is 33.3 Å². The maximum Gasteiger partial charge on any atom is 0.422 e. The molecule has 1 heterocycles. The normalized spacial score (nSPS) is 31.2. The van der Waals surface area contributed by atoms with Crippen molar-refractivity contribution >= 4 is 17.5 Å². The minimum Gasteiger partial charge on any atom is -0.341 e. The molecule has 0 amide bonds. The molecule has 1 aromatic rings. The number of benzene rings is 1. The average Bonchev–Trinajstić information content (AvgIpc) is 2.92. The topological polar surface area (TPSA) is 26.3 Å². The summed E-state index contributed by atoms with van der Waals surface area (Å²) in [6, 6.07) is 7.70. The summed E-state index contributed by atoms with van der Waals surface area (Å²) in [5.41, 5.74) is -4.21. The average molecular weight is 344 g/mol. The third-order valence-electron chi connectivity index (χ3n) is 5.28. The Hall–Kier alpha value is -1.01. The van der Waals surface area contributed by atoms with Crippen molar-refractivity contribution in [3.8, 4) is 0 Å². The number of halogens is 3. The smallest absolute Gasteiger partial charge is 0.341 e. The molecule has 0 bridgehead atoms. The highest BCUT2D eigenvalue weighted by Gasteiger charge is 2.81. The van der Waals surface area contributed by atoms with Crippen LogP contribution < -0.4 is 0 Å². The number of alkyl halides is 3. The van der Waals surface area contributed by atoms with E-state index in [0.29, 0.717) is 0 Å². The molecular weight excluding hydrogens is 325 g/mol. The Bertz CT molecular complexity index is 634. The molecule has 1 spiro atoms. The summed E-state index contributed by atoms with van der Waals surface area (Å²) >= 11 is 1.11. The van der Waals surface area contributed by atoms with Gasteiger partial charge in [0.25, 0.3) is 0 Å². The van der Waals surface area contributed by atoms with Crippen LogP contribution in [0, 0.1) is 10.8 Å². The monoisotopic (exact) mass is 344 g/mol. The quantitative estimate of drug-likeness (QED) is 0.748. The largest absolute Gasteiger partial charge is 0.422 e. The van der Waals surface area contributed by atoms with Crippen LogP contribution in [0.25, 0.3) is 0 Å². The summed E-state index contributed by atoms with van der Waals surface area (Å²) in [4.78, 5) is 11.2. The van der Waals surface area contributed by atoms with Gasteiger partial charge in [0.05, 0.1) is 10.8 Å². The summed E-state index contributed by atoms with van der Waals surface area (Å²) in [6.07, 6.45) is -4.56. The number of hydrogen-bond acceptors (Lipinski definition) is 3. The molecule has 23 heavy (non-hydrogen) atoms. The molecule has 3 rings (SSSR count). The van der Waals surface area contributed by atoms with Gasteiger partial charge in [-0.1, -0.05) is 30.3 Å². The Kier molecular flexibility index (Phi) is 3.32. The predicted molar refractivity (Wildman–Crippen MR) is 83.0 cm³/mol. The first-order valence-electron chi connectivity index (χ1n) is 7.44. The van der Waals surface area contributed by atoms with Gasteiger partial charge >= 0.3 is 6.18 Å². The lowest BCUT2D eigenvalue weighted by Crippen LogP contribution is -2.73. The van der Waals surface area contributed by atoms with Crippen molar-refractivity contribution in [3.63, 3.8) is 0 Å². The molecule has 0 aromatic heterocycles. The maximum absolute atomic E-state index is 14.0. The number of thioether (sulfide) groups is 1. The van der Waals surface area contributed by atoms with E-state index in [4.69, 9.17) is 4.74 Å². The molecular formula is C17H19F3O2S. The Morgan fingerprint density at radius 3 is 2.04 bits per heavy atom. The molecule has 1 aliphatic carbocycles. The zero-order valence-electron chi connectivity index (χ0n) is 13.5. The lowest BCUT2D eigenvalue weighted by Gasteiger charge is -2.62. The first-order valence-corrected chi connectivity index (χ1v) is 8.42. The molecule has 2 aliphatic rings. The highest BCUT2D eigenvalue weighted by Crippen LogP contribution is 2.72.